The molecule has 0 saturated carbocycles. The number of hydrogen-bond donors (Lipinski definition) is 1. The fourth-order valence-corrected chi connectivity index (χ4v) is 4.17. The van der Waals surface area contributed by atoms with Crippen molar-refractivity contribution in [3.63, 3.8) is 0 Å². The first-order valence-corrected chi connectivity index (χ1v) is 11.7. The van der Waals surface area contributed by atoms with Gasteiger partial charge in [-0.3, -0.25) is 9.59 Å². The standard InChI is InChI=1S/C25H33FN2O2S/c1-6-22(24(30)27-25(3,4)5)28(15-20-9-7-8-18(2)14-20)23(29)17-31-16-19-10-12-21(26)13-11-19/h7-14,22H,6,15-17H2,1-5H3,(H,27,30)/t22-/m0/s1. The number of thioether (sulfide) groups is 1. The Hall–Kier alpha value is -2.34. The zero-order chi connectivity index (χ0) is 23.0. The summed E-state index contributed by atoms with van der Waals surface area (Å²) < 4.78 is 13.1. The molecule has 0 aliphatic carbocycles. The molecule has 2 aromatic rings. The lowest BCUT2D eigenvalue weighted by Gasteiger charge is -2.33. The Morgan fingerprint density at radius 1 is 1.10 bits per heavy atom. The van der Waals surface area contributed by atoms with E-state index in [9.17, 15) is 14.0 Å². The van der Waals surface area contributed by atoms with Crippen molar-refractivity contribution in [1.29, 1.82) is 0 Å². The molecule has 6 heteroatoms. The molecule has 4 nitrogen and oxygen atoms in total. The lowest BCUT2D eigenvalue weighted by atomic mass is 10.1. The zero-order valence-corrected chi connectivity index (χ0v) is 19.9. The summed E-state index contributed by atoms with van der Waals surface area (Å²) in [4.78, 5) is 27.9. The number of nitrogens with zero attached hydrogens (tertiary/aromatic N) is 1. The van der Waals surface area contributed by atoms with Crippen LogP contribution in [0.2, 0.25) is 0 Å². The average molecular weight is 445 g/mol. The molecule has 0 fully saturated rings. The number of hydrogen-bond acceptors (Lipinski definition) is 3. The summed E-state index contributed by atoms with van der Waals surface area (Å²) in [6, 6.07) is 13.8. The van der Waals surface area contributed by atoms with Crippen LogP contribution >= 0.6 is 11.8 Å². The Kier molecular flexibility index (Phi) is 9.11. The smallest absolute Gasteiger partial charge is 0.243 e. The minimum atomic E-state index is -0.543. The molecule has 2 amide bonds. The minimum absolute atomic E-state index is 0.0791. The maximum atomic E-state index is 13.2. The molecular weight excluding hydrogens is 411 g/mol. The van der Waals surface area contributed by atoms with Crippen molar-refractivity contribution >= 4 is 23.6 Å². The molecule has 0 aliphatic rings. The van der Waals surface area contributed by atoms with Gasteiger partial charge < -0.3 is 10.2 Å². The predicted octanol–water partition coefficient (Wildman–Crippen LogP) is 5.09. The summed E-state index contributed by atoms with van der Waals surface area (Å²) in [5, 5.41) is 3.01. The van der Waals surface area contributed by atoms with E-state index >= 15 is 0 Å². The van der Waals surface area contributed by atoms with Crippen LogP contribution in [0.4, 0.5) is 4.39 Å². The van der Waals surface area contributed by atoms with Crippen LogP contribution in [0.5, 0.6) is 0 Å². The SMILES string of the molecule is CC[C@@H](C(=O)NC(C)(C)C)N(Cc1cccc(C)c1)C(=O)CSCc1ccc(F)cc1. The number of amides is 2. The van der Waals surface area contributed by atoms with Crippen molar-refractivity contribution in [2.45, 2.75) is 64.9 Å². The van der Waals surface area contributed by atoms with Crippen LogP contribution in [0.15, 0.2) is 48.5 Å². The van der Waals surface area contributed by atoms with Gasteiger partial charge in [-0.15, -0.1) is 11.8 Å². The number of nitrogens with one attached hydrogen (secondary N) is 1. The van der Waals surface area contributed by atoms with Crippen LogP contribution in [0.3, 0.4) is 0 Å². The number of carbonyl (C=O) groups excluding carboxylic acids is 2. The third-order valence-corrected chi connectivity index (χ3v) is 5.72. The molecule has 0 unspecified atom stereocenters. The van der Waals surface area contributed by atoms with E-state index in [4.69, 9.17) is 0 Å². The highest BCUT2D eigenvalue weighted by molar-refractivity contribution is 7.99. The largest absolute Gasteiger partial charge is 0.350 e. The van der Waals surface area contributed by atoms with Gasteiger partial charge in [0.25, 0.3) is 0 Å². The van der Waals surface area contributed by atoms with Crippen LogP contribution in [-0.4, -0.2) is 34.0 Å². The maximum Gasteiger partial charge on any atom is 0.243 e. The lowest BCUT2D eigenvalue weighted by molar-refractivity contribution is -0.140. The van der Waals surface area contributed by atoms with Gasteiger partial charge in [0, 0.05) is 17.8 Å². The Morgan fingerprint density at radius 2 is 1.77 bits per heavy atom. The fourth-order valence-electron chi connectivity index (χ4n) is 3.30. The normalized spacial score (nSPS) is 12.3. The van der Waals surface area contributed by atoms with E-state index < -0.39 is 6.04 Å². The number of benzene rings is 2. The van der Waals surface area contributed by atoms with E-state index in [1.54, 1.807) is 17.0 Å². The lowest BCUT2D eigenvalue weighted by Crippen LogP contribution is -2.53. The monoisotopic (exact) mass is 444 g/mol. The number of halogens is 1. The van der Waals surface area contributed by atoms with Crippen LogP contribution < -0.4 is 5.32 Å². The molecule has 0 radical (unpaired) electrons. The molecule has 1 atom stereocenters. The highest BCUT2D eigenvalue weighted by Gasteiger charge is 2.30. The quantitative estimate of drug-likeness (QED) is 0.586. The first-order chi connectivity index (χ1) is 14.6. The van der Waals surface area contributed by atoms with Gasteiger partial charge in [-0.1, -0.05) is 48.9 Å². The molecule has 31 heavy (non-hydrogen) atoms. The molecule has 2 rings (SSSR count). The van der Waals surface area contributed by atoms with E-state index in [0.717, 1.165) is 16.7 Å². The van der Waals surface area contributed by atoms with Crippen LogP contribution in [-0.2, 0) is 21.9 Å². The van der Waals surface area contributed by atoms with Crippen LogP contribution in [0, 0.1) is 12.7 Å². The number of aryl methyl sites for hydroxylation is 1. The Balaban J connectivity index is 2.15. The first-order valence-electron chi connectivity index (χ1n) is 10.6. The molecule has 0 aromatic heterocycles. The van der Waals surface area contributed by atoms with Gasteiger partial charge in [-0.05, 0) is 57.4 Å². The highest BCUT2D eigenvalue weighted by Crippen LogP contribution is 2.18. The number of carbonyl (C=O) groups is 2. The third kappa shape index (κ3) is 8.37. The third-order valence-electron chi connectivity index (χ3n) is 4.73. The molecule has 0 aliphatic heterocycles. The van der Waals surface area contributed by atoms with Crippen LogP contribution in [0.1, 0.15) is 50.8 Å². The Labute approximate surface area is 189 Å². The second-order valence-electron chi connectivity index (χ2n) is 8.79. The molecule has 1 N–H and O–H groups in total. The first kappa shape index (κ1) is 24.9. The van der Waals surface area contributed by atoms with Crippen LogP contribution in [0.25, 0.3) is 0 Å². The minimum Gasteiger partial charge on any atom is -0.350 e. The molecule has 0 saturated heterocycles. The molecule has 0 heterocycles. The summed E-state index contributed by atoms with van der Waals surface area (Å²) in [5.74, 6) is 0.367. The molecular formula is C25H33FN2O2S. The van der Waals surface area contributed by atoms with Crippen molar-refractivity contribution in [3.8, 4) is 0 Å². The van der Waals surface area contributed by atoms with E-state index in [1.807, 2.05) is 58.9 Å². The van der Waals surface area contributed by atoms with E-state index in [0.29, 0.717) is 18.7 Å². The summed E-state index contributed by atoms with van der Waals surface area (Å²) in [7, 11) is 0. The van der Waals surface area contributed by atoms with Gasteiger partial charge in [0.2, 0.25) is 11.8 Å². The Bertz CT molecular complexity index is 878. The fraction of sp³-hybridized carbons (Fsp3) is 0.440. The average Bonchev–Trinajstić information content (AvgIpc) is 2.68. The maximum absolute atomic E-state index is 13.2. The predicted molar refractivity (Wildman–Crippen MR) is 126 cm³/mol. The molecule has 0 spiro atoms. The van der Waals surface area contributed by atoms with Crippen molar-refractivity contribution in [1.82, 2.24) is 10.2 Å². The topological polar surface area (TPSA) is 49.4 Å². The van der Waals surface area contributed by atoms with E-state index in [1.165, 1.54) is 23.9 Å². The van der Waals surface area contributed by atoms with Gasteiger partial charge in [0.15, 0.2) is 0 Å². The van der Waals surface area contributed by atoms with Crippen molar-refractivity contribution in [2.75, 3.05) is 5.75 Å². The Morgan fingerprint density at radius 3 is 2.35 bits per heavy atom. The van der Waals surface area contributed by atoms with E-state index in [-0.39, 0.29) is 28.9 Å². The van der Waals surface area contributed by atoms with Gasteiger partial charge in [-0.25, -0.2) is 4.39 Å². The van der Waals surface area contributed by atoms with Crippen molar-refractivity contribution in [2.24, 2.45) is 0 Å². The molecule has 2 aromatic carbocycles. The summed E-state index contributed by atoms with van der Waals surface area (Å²) in [6.07, 6.45) is 0.530. The highest BCUT2D eigenvalue weighted by atomic mass is 32.2. The summed E-state index contributed by atoms with van der Waals surface area (Å²) in [6.45, 7) is 10.1. The second kappa shape index (κ2) is 11.3. The molecule has 168 valence electrons. The summed E-state index contributed by atoms with van der Waals surface area (Å²) in [5.41, 5.74) is 2.70. The second-order valence-corrected chi connectivity index (χ2v) is 9.78. The van der Waals surface area contributed by atoms with Gasteiger partial charge >= 0.3 is 0 Å². The van der Waals surface area contributed by atoms with Gasteiger partial charge in [0.1, 0.15) is 11.9 Å². The van der Waals surface area contributed by atoms with Crippen molar-refractivity contribution in [3.05, 3.63) is 71.0 Å². The van der Waals surface area contributed by atoms with E-state index in [2.05, 4.69) is 5.32 Å². The van der Waals surface area contributed by atoms with Crippen molar-refractivity contribution < 1.29 is 14.0 Å². The summed E-state index contributed by atoms with van der Waals surface area (Å²) >= 11 is 1.47. The molecule has 0 bridgehead atoms. The van der Waals surface area contributed by atoms with Gasteiger partial charge in [-0.2, -0.15) is 0 Å². The zero-order valence-electron chi connectivity index (χ0n) is 19.1. The van der Waals surface area contributed by atoms with Gasteiger partial charge in [0.05, 0.1) is 5.75 Å². The number of rotatable bonds is 9.